The molecule has 0 atom stereocenters. The van der Waals surface area contributed by atoms with Gasteiger partial charge in [-0.15, -0.1) is 0 Å². The van der Waals surface area contributed by atoms with Crippen LogP contribution in [-0.2, 0) is 6.54 Å². The Hall–Kier alpha value is -3.09. The van der Waals surface area contributed by atoms with Crippen LogP contribution in [0.1, 0.15) is 28.4 Å². The molecule has 1 aromatic carbocycles. The van der Waals surface area contributed by atoms with E-state index in [1.807, 2.05) is 32.0 Å². The first-order chi connectivity index (χ1) is 13.1. The zero-order valence-electron chi connectivity index (χ0n) is 16.1. The first-order valence-corrected chi connectivity index (χ1v) is 8.98. The third-order valence-corrected chi connectivity index (χ3v) is 3.82. The maximum absolute atomic E-state index is 12.0. The van der Waals surface area contributed by atoms with E-state index in [0.717, 1.165) is 23.4 Å². The van der Waals surface area contributed by atoms with E-state index in [1.165, 1.54) is 0 Å². The number of carbonyl (C=O) groups is 1. The summed E-state index contributed by atoms with van der Waals surface area (Å²) in [4.78, 5) is 20.5. The molecule has 0 aliphatic rings. The summed E-state index contributed by atoms with van der Waals surface area (Å²) in [6.45, 7) is 6.32. The number of benzene rings is 1. The van der Waals surface area contributed by atoms with Crippen LogP contribution in [0, 0.1) is 6.92 Å². The lowest BCUT2D eigenvalue weighted by atomic mass is 10.1. The molecule has 3 N–H and O–H groups in total. The summed E-state index contributed by atoms with van der Waals surface area (Å²) in [5.41, 5.74) is 2.71. The maximum atomic E-state index is 12.0. The summed E-state index contributed by atoms with van der Waals surface area (Å²) in [5.74, 6) is 1.38. The van der Waals surface area contributed by atoms with Gasteiger partial charge < -0.3 is 20.7 Å². The van der Waals surface area contributed by atoms with Crippen LogP contribution in [-0.4, -0.2) is 43.6 Å². The Morgan fingerprint density at radius 1 is 1.19 bits per heavy atom. The van der Waals surface area contributed by atoms with Crippen molar-refractivity contribution >= 4 is 11.9 Å². The zero-order valence-corrected chi connectivity index (χ0v) is 16.1. The zero-order chi connectivity index (χ0) is 19.5. The number of guanidine groups is 1. The van der Waals surface area contributed by atoms with Crippen LogP contribution < -0.4 is 20.7 Å². The van der Waals surface area contributed by atoms with Gasteiger partial charge in [0.05, 0.1) is 19.2 Å². The Bertz CT molecular complexity index is 762. The molecule has 1 heterocycles. The molecule has 0 radical (unpaired) electrons. The maximum Gasteiger partial charge on any atom is 0.252 e. The second-order valence-electron chi connectivity index (χ2n) is 5.93. The van der Waals surface area contributed by atoms with Crippen LogP contribution >= 0.6 is 0 Å². The Kier molecular flexibility index (Phi) is 8.09. The summed E-state index contributed by atoms with van der Waals surface area (Å²) < 4.78 is 5.42. The molecule has 0 saturated heterocycles. The minimum absolute atomic E-state index is 0.142. The first kappa shape index (κ1) is 20.2. The van der Waals surface area contributed by atoms with Crippen molar-refractivity contribution < 1.29 is 9.53 Å². The summed E-state index contributed by atoms with van der Waals surface area (Å²) in [7, 11) is 1.66. The SMILES string of the molecule is CCNC(=NCc1ccc(C)cc1OC)NCCNC(=O)c1cccnc1. The predicted molar refractivity (Wildman–Crippen MR) is 107 cm³/mol. The van der Waals surface area contributed by atoms with Gasteiger partial charge >= 0.3 is 0 Å². The number of amides is 1. The van der Waals surface area contributed by atoms with Crippen molar-refractivity contribution in [2.75, 3.05) is 26.7 Å². The smallest absolute Gasteiger partial charge is 0.252 e. The number of ether oxygens (including phenoxy) is 1. The Morgan fingerprint density at radius 2 is 2.00 bits per heavy atom. The van der Waals surface area contributed by atoms with E-state index >= 15 is 0 Å². The van der Waals surface area contributed by atoms with Gasteiger partial charge in [0.15, 0.2) is 5.96 Å². The van der Waals surface area contributed by atoms with Crippen LogP contribution in [0.2, 0.25) is 0 Å². The molecule has 144 valence electrons. The van der Waals surface area contributed by atoms with Gasteiger partial charge in [-0.2, -0.15) is 0 Å². The monoisotopic (exact) mass is 369 g/mol. The van der Waals surface area contributed by atoms with Crippen LogP contribution in [0.15, 0.2) is 47.7 Å². The molecule has 0 aliphatic heterocycles. The van der Waals surface area contributed by atoms with E-state index in [4.69, 9.17) is 4.74 Å². The topological polar surface area (TPSA) is 87.6 Å². The number of rotatable bonds is 8. The minimum atomic E-state index is -0.142. The van der Waals surface area contributed by atoms with Crippen molar-refractivity contribution in [3.8, 4) is 5.75 Å². The third-order valence-electron chi connectivity index (χ3n) is 3.82. The Balaban J connectivity index is 1.86. The van der Waals surface area contributed by atoms with E-state index in [-0.39, 0.29) is 5.91 Å². The van der Waals surface area contributed by atoms with Crippen molar-refractivity contribution in [3.05, 3.63) is 59.4 Å². The number of hydrogen-bond acceptors (Lipinski definition) is 4. The molecular formula is C20H27N5O2. The molecule has 1 amide bonds. The number of aromatic nitrogens is 1. The number of aliphatic imine (C=N–C) groups is 1. The fourth-order valence-corrected chi connectivity index (χ4v) is 2.44. The fraction of sp³-hybridized carbons (Fsp3) is 0.350. The molecule has 0 bridgehead atoms. The lowest BCUT2D eigenvalue weighted by molar-refractivity contribution is 0.0954. The van der Waals surface area contributed by atoms with Crippen molar-refractivity contribution in [3.63, 3.8) is 0 Å². The van der Waals surface area contributed by atoms with E-state index < -0.39 is 0 Å². The lowest BCUT2D eigenvalue weighted by Crippen LogP contribution is -2.41. The quantitative estimate of drug-likeness (QED) is 0.376. The normalized spacial score (nSPS) is 11.0. The van der Waals surface area contributed by atoms with Crippen LogP contribution in [0.4, 0.5) is 0 Å². The van der Waals surface area contributed by atoms with Crippen molar-refractivity contribution in [1.29, 1.82) is 0 Å². The predicted octanol–water partition coefficient (Wildman–Crippen LogP) is 1.88. The average molecular weight is 369 g/mol. The standard InChI is InChI=1S/C20H27N5O2/c1-4-22-20(25-14-16-8-7-15(2)12-18(16)27-3)24-11-10-23-19(26)17-6-5-9-21-13-17/h5-9,12-13H,4,10-11,14H2,1-3H3,(H,23,26)(H2,22,24,25). The van der Waals surface area contributed by atoms with Crippen LogP contribution in [0.25, 0.3) is 0 Å². The molecule has 0 unspecified atom stereocenters. The van der Waals surface area contributed by atoms with E-state index in [1.54, 1.807) is 31.6 Å². The number of pyridine rings is 1. The van der Waals surface area contributed by atoms with Gasteiger partial charge in [0.1, 0.15) is 5.75 Å². The van der Waals surface area contributed by atoms with Gasteiger partial charge in [-0.3, -0.25) is 9.78 Å². The van der Waals surface area contributed by atoms with Gasteiger partial charge in [0.25, 0.3) is 5.91 Å². The third kappa shape index (κ3) is 6.62. The second-order valence-corrected chi connectivity index (χ2v) is 5.93. The molecule has 2 aromatic rings. The summed E-state index contributed by atoms with van der Waals surface area (Å²) >= 11 is 0. The molecule has 7 heteroatoms. The average Bonchev–Trinajstić information content (AvgIpc) is 2.70. The van der Waals surface area contributed by atoms with E-state index in [2.05, 4.69) is 25.9 Å². The van der Waals surface area contributed by atoms with Gasteiger partial charge in [0.2, 0.25) is 0 Å². The number of nitrogens with one attached hydrogen (secondary N) is 3. The van der Waals surface area contributed by atoms with Crippen molar-refractivity contribution in [1.82, 2.24) is 20.9 Å². The first-order valence-electron chi connectivity index (χ1n) is 8.98. The largest absolute Gasteiger partial charge is 0.496 e. The molecule has 0 aliphatic carbocycles. The molecule has 0 saturated carbocycles. The van der Waals surface area contributed by atoms with Crippen molar-refractivity contribution in [2.24, 2.45) is 4.99 Å². The number of nitrogens with zero attached hydrogens (tertiary/aromatic N) is 2. The summed E-state index contributed by atoms with van der Waals surface area (Å²) in [6, 6.07) is 9.54. The molecule has 0 fully saturated rings. The molecule has 1 aromatic heterocycles. The van der Waals surface area contributed by atoms with Gasteiger partial charge in [-0.1, -0.05) is 12.1 Å². The van der Waals surface area contributed by atoms with Crippen LogP contribution in [0.3, 0.4) is 0 Å². The minimum Gasteiger partial charge on any atom is -0.496 e. The molecule has 0 spiro atoms. The van der Waals surface area contributed by atoms with Crippen molar-refractivity contribution in [2.45, 2.75) is 20.4 Å². The number of aryl methyl sites for hydroxylation is 1. The number of hydrogen-bond donors (Lipinski definition) is 3. The van der Waals surface area contributed by atoms with Gasteiger partial charge in [0, 0.05) is 37.6 Å². The highest BCUT2D eigenvalue weighted by Crippen LogP contribution is 2.20. The van der Waals surface area contributed by atoms with E-state index in [0.29, 0.717) is 31.2 Å². The molecule has 2 rings (SSSR count). The fourth-order valence-electron chi connectivity index (χ4n) is 2.44. The second kappa shape index (κ2) is 10.8. The number of methoxy groups -OCH3 is 1. The van der Waals surface area contributed by atoms with Gasteiger partial charge in [-0.25, -0.2) is 4.99 Å². The summed E-state index contributed by atoms with van der Waals surface area (Å²) in [5, 5.41) is 9.26. The Labute approximate surface area is 160 Å². The number of carbonyl (C=O) groups excluding carboxylic acids is 1. The molecule has 7 nitrogen and oxygen atoms in total. The highest BCUT2D eigenvalue weighted by molar-refractivity contribution is 5.93. The Morgan fingerprint density at radius 3 is 2.70 bits per heavy atom. The van der Waals surface area contributed by atoms with E-state index in [9.17, 15) is 4.79 Å². The highest BCUT2D eigenvalue weighted by atomic mass is 16.5. The molecular weight excluding hydrogens is 342 g/mol. The summed E-state index contributed by atoms with van der Waals surface area (Å²) in [6.07, 6.45) is 3.18. The van der Waals surface area contributed by atoms with Crippen LogP contribution in [0.5, 0.6) is 5.75 Å². The van der Waals surface area contributed by atoms with Gasteiger partial charge in [-0.05, 0) is 37.6 Å². The lowest BCUT2D eigenvalue weighted by Gasteiger charge is -2.13. The molecule has 27 heavy (non-hydrogen) atoms. The highest BCUT2D eigenvalue weighted by Gasteiger charge is 2.05.